The van der Waals surface area contributed by atoms with Gasteiger partial charge in [0.2, 0.25) is 0 Å². The summed E-state index contributed by atoms with van der Waals surface area (Å²) in [5.41, 5.74) is 1.30. The first-order chi connectivity index (χ1) is 11.6. The van der Waals surface area contributed by atoms with E-state index in [1.54, 1.807) is 41.3 Å². The summed E-state index contributed by atoms with van der Waals surface area (Å²) in [4.78, 5) is 19.2. The smallest absolute Gasteiger partial charge is 0.266 e. The molecule has 0 atom stereocenters. The highest BCUT2D eigenvalue weighted by atomic mass is 35.5. The second-order valence-electron chi connectivity index (χ2n) is 5.09. The van der Waals surface area contributed by atoms with Gasteiger partial charge in [-0.1, -0.05) is 35.9 Å². The molecule has 4 nitrogen and oxygen atoms in total. The normalized spacial score (nSPS) is 17.9. The van der Waals surface area contributed by atoms with Crippen LogP contribution >= 0.6 is 23.4 Å². The summed E-state index contributed by atoms with van der Waals surface area (Å²) in [6.45, 7) is 2.41. The molecule has 0 unspecified atom stereocenters. The fraction of sp³-hybridized carbons (Fsp3) is 0.111. The first-order valence-electron chi connectivity index (χ1n) is 7.42. The van der Waals surface area contributed by atoms with Crippen LogP contribution in [0, 0.1) is 0 Å². The second kappa shape index (κ2) is 7.11. The third-order valence-corrected chi connectivity index (χ3v) is 4.70. The topological polar surface area (TPSA) is 52.9 Å². The highest BCUT2D eigenvalue weighted by Gasteiger charge is 2.32. The molecule has 0 aromatic heterocycles. The number of hydrogen-bond donors (Lipinski definition) is 1. The fourth-order valence-corrected chi connectivity index (χ4v) is 3.52. The van der Waals surface area contributed by atoms with Gasteiger partial charge in [-0.25, -0.2) is 4.99 Å². The van der Waals surface area contributed by atoms with Crippen molar-refractivity contribution in [2.75, 3.05) is 6.54 Å². The number of likely N-dealkylation sites (N-methyl/N-ethyl adjacent to an activating group) is 1. The summed E-state index contributed by atoms with van der Waals surface area (Å²) in [5.74, 6) is 0.0215. The molecule has 1 aliphatic heterocycles. The van der Waals surface area contributed by atoms with Gasteiger partial charge in [-0.3, -0.25) is 9.69 Å². The number of benzene rings is 2. The zero-order valence-corrected chi connectivity index (χ0v) is 14.5. The lowest BCUT2D eigenvalue weighted by Gasteiger charge is -2.12. The van der Waals surface area contributed by atoms with Crippen molar-refractivity contribution in [1.29, 1.82) is 0 Å². The summed E-state index contributed by atoms with van der Waals surface area (Å²) >= 11 is 7.28. The van der Waals surface area contributed by atoms with E-state index >= 15 is 0 Å². The number of aromatic hydroxyl groups is 1. The van der Waals surface area contributed by atoms with E-state index in [0.29, 0.717) is 32.9 Å². The summed E-state index contributed by atoms with van der Waals surface area (Å²) < 4.78 is 0. The number of amidine groups is 1. The first-order valence-corrected chi connectivity index (χ1v) is 8.61. The molecule has 1 amide bonds. The lowest BCUT2D eigenvalue weighted by molar-refractivity contribution is -0.122. The molecule has 0 radical (unpaired) electrons. The third-order valence-electron chi connectivity index (χ3n) is 3.46. The molecule has 0 saturated carbocycles. The number of hydrogen-bond acceptors (Lipinski definition) is 4. The minimum Gasteiger partial charge on any atom is -0.507 e. The Hall–Kier alpha value is -2.24. The molecule has 1 aliphatic rings. The van der Waals surface area contributed by atoms with E-state index in [-0.39, 0.29) is 11.7 Å². The zero-order chi connectivity index (χ0) is 17.1. The molecule has 0 aliphatic carbocycles. The van der Waals surface area contributed by atoms with Crippen LogP contribution in [0.3, 0.4) is 0 Å². The Balaban J connectivity index is 1.96. The number of nitrogens with zero attached hydrogens (tertiary/aromatic N) is 2. The number of halogens is 1. The fourth-order valence-electron chi connectivity index (χ4n) is 2.28. The molecule has 0 spiro atoms. The Labute approximate surface area is 149 Å². The van der Waals surface area contributed by atoms with Crippen LogP contribution in [0.4, 0.5) is 5.69 Å². The Morgan fingerprint density at radius 3 is 2.75 bits per heavy atom. The van der Waals surface area contributed by atoms with E-state index < -0.39 is 0 Å². The third kappa shape index (κ3) is 3.47. The molecule has 6 heteroatoms. The number of para-hydroxylation sites is 1. The van der Waals surface area contributed by atoms with Gasteiger partial charge in [-0.05, 0) is 49.0 Å². The van der Waals surface area contributed by atoms with Crippen molar-refractivity contribution >= 4 is 46.2 Å². The van der Waals surface area contributed by atoms with Gasteiger partial charge in [-0.15, -0.1) is 0 Å². The number of amides is 1. The van der Waals surface area contributed by atoms with Crippen molar-refractivity contribution in [2.45, 2.75) is 6.92 Å². The van der Waals surface area contributed by atoms with Gasteiger partial charge in [0, 0.05) is 17.1 Å². The average Bonchev–Trinajstić information content (AvgIpc) is 2.84. The molecular weight excluding hydrogens is 344 g/mol. The van der Waals surface area contributed by atoms with Crippen molar-refractivity contribution in [3.63, 3.8) is 0 Å². The van der Waals surface area contributed by atoms with Gasteiger partial charge < -0.3 is 5.11 Å². The molecule has 1 fully saturated rings. The molecule has 0 bridgehead atoms. The van der Waals surface area contributed by atoms with Crippen LogP contribution in [0.25, 0.3) is 6.08 Å². The van der Waals surface area contributed by atoms with Crippen molar-refractivity contribution in [3.8, 4) is 5.75 Å². The predicted octanol–water partition coefficient (Wildman–Crippen LogP) is 4.67. The van der Waals surface area contributed by atoms with Gasteiger partial charge in [0.1, 0.15) is 5.75 Å². The molecule has 2 aromatic rings. The maximum absolute atomic E-state index is 12.6. The van der Waals surface area contributed by atoms with Crippen LogP contribution in [0.1, 0.15) is 12.5 Å². The molecule has 1 N–H and O–H groups in total. The van der Waals surface area contributed by atoms with Crippen LogP contribution in [-0.2, 0) is 4.79 Å². The Bertz CT molecular complexity index is 848. The average molecular weight is 359 g/mol. The van der Waals surface area contributed by atoms with Crippen molar-refractivity contribution in [1.82, 2.24) is 4.90 Å². The van der Waals surface area contributed by atoms with Gasteiger partial charge >= 0.3 is 0 Å². The monoisotopic (exact) mass is 358 g/mol. The highest BCUT2D eigenvalue weighted by molar-refractivity contribution is 8.18. The number of phenols is 1. The SMILES string of the molecule is CCN1C(=O)/C(=C\c2ccccc2O)SC1=Nc1cccc(Cl)c1. The standard InChI is InChI=1S/C18H15ClN2O2S/c1-2-21-17(23)16(10-12-6-3-4-9-15(12)22)24-18(21)20-14-8-5-7-13(19)11-14/h3-11,22H,2H2,1H3/b16-10+,20-18?. The lowest BCUT2D eigenvalue weighted by atomic mass is 10.2. The van der Waals surface area contributed by atoms with E-state index in [4.69, 9.17) is 11.6 Å². The van der Waals surface area contributed by atoms with Crippen LogP contribution < -0.4 is 0 Å². The number of phenolic OH excluding ortho intramolecular Hbond substituents is 1. The van der Waals surface area contributed by atoms with Crippen molar-refractivity contribution in [3.05, 3.63) is 64.0 Å². The second-order valence-corrected chi connectivity index (χ2v) is 6.54. The van der Waals surface area contributed by atoms with Crippen LogP contribution in [0.15, 0.2) is 58.4 Å². The molecule has 1 heterocycles. The highest BCUT2D eigenvalue weighted by Crippen LogP contribution is 2.35. The predicted molar refractivity (Wildman–Crippen MR) is 99.6 cm³/mol. The van der Waals surface area contributed by atoms with Gasteiger partial charge in [-0.2, -0.15) is 0 Å². The van der Waals surface area contributed by atoms with Gasteiger partial charge in [0.25, 0.3) is 5.91 Å². The maximum Gasteiger partial charge on any atom is 0.266 e. The van der Waals surface area contributed by atoms with Crippen molar-refractivity contribution in [2.24, 2.45) is 4.99 Å². The number of thioether (sulfide) groups is 1. The summed E-state index contributed by atoms with van der Waals surface area (Å²) in [6, 6.07) is 14.1. The number of aliphatic imine (C=N–C) groups is 1. The number of rotatable bonds is 3. The van der Waals surface area contributed by atoms with E-state index in [1.165, 1.54) is 11.8 Å². The largest absolute Gasteiger partial charge is 0.507 e. The van der Waals surface area contributed by atoms with Crippen LogP contribution in [0.5, 0.6) is 5.75 Å². The van der Waals surface area contributed by atoms with Crippen LogP contribution in [0.2, 0.25) is 5.02 Å². The zero-order valence-electron chi connectivity index (χ0n) is 12.9. The summed E-state index contributed by atoms with van der Waals surface area (Å²) in [6.07, 6.45) is 1.69. The Morgan fingerprint density at radius 2 is 2.04 bits per heavy atom. The van der Waals surface area contributed by atoms with E-state index in [9.17, 15) is 9.90 Å². The van der Waals surface area contributed by atoms with E-state index in [1.807, 2.05) is 25.1 Å². The molecular formula is C18H15ClN2O2S. The molecule has 122 valence electrons. The minimum absolute atomic E-state index is 0.119. The number of carbonyl (C=O) groups excluding carboxylic acids is 1. The van der Waals surface area contributed by atoms with Crippen molar-refractivity contribution < 1.29 is 9.90 Å². The summed E-state index contributed by atoms with van der Waals surface area (Å²) in [7, 11) is 0. The molecule has 1 saturated heterocycles. The summed E-state index contributed by atoms with van der Waals surface area (Å²) in [5, 5.41) is 11.1. The van der Waals surface area contributed by atoms with E-state index in [0.717, 1.165) is 0 Å². The molecule has 3 rings (SSSR count). The van der Waals surface area contributed by atoms with Gasteiger partial charge in [0.05, 0.1) is 10.6 Å². The Morgan fingerprint density at radius 1 is 1.25 bits per heavy atom. The molecule has 2 aromatic carbocycles. The van der Waals surface area contributed by atoms with Gasteiger partial charge in [0.15, 0.2) is 5.17 Å². The lowest BCUT2D eigenvalue weighted by Crippen LogP contribution is -2.28. The minimum atomic E-state index is -0.119. The van der Waals surface area contributed by atoms with Crippen LogP contribution in [-0.4, -0.2) is 27.6 Å². The quantitative estimate of drug-likeness (QED) is 0.811. The number of carbonyl (C=O) groups is 1. The van der Waals surface area contributed by atoms with E-state index in [2.05, 4.69) is 4.99 Å². The first kappa shape index (κ1) is 16.6. The maximum atomic E-state index is 12.6. The molecule has 24 heavy (non-hydrogen) atoms. The Kier molecular flexibility index (Phi) is 4.92.